The Hall–Kier alpha value is -1.91. The summed E-state index contributed by atoms with van der Waals surface area (Å²) < 4.78 is 11.0. The molecule has 0 amide bonds. The SMILES string of the molecule is CCOC(C#CCN1CCC(c2nc(-c3ccc(N(CC)CC)cc3)cs2)CC1)OCC. The van der Waals surface area contributed by atoms with Gasteiger partial charge >= 0.3 is 0 Å². The number of hydrogen-bond donors (Lipinski definition) is 0. The van der Waals surface area contributed by atoms with Gasteiger partial charge in [-0.3, -0.25) is 4.90 Å². The Balaban J connectivity index is 1.52. The highest BCUT2D eigenvalue weighted by molar-refractivity contribution is 7.10. The van der Waals surface area contributed by atoms with Crippen molar-refractivity contribution in [2.24, 2.45) is 0 Å². The van der Waals surface area contributed by atoms with Crippen molar-refractivity contribution in [3.63, 3.8) is 0 Å². The van der Waals surface area contributed by atoms with E-state index in [0.717, 1.165) is 51.3 Å². The molecule has 5 nitrogen and oxygen atoms in total. The molecule has 1 aliphatic rings. The Morgan fingerprint density at radius 3 is 2.31 bits per heavy atom. The molecule has 0 spiro atoms. The van der Waals surface area contributed by atoms with E-state index in [2.05, 4.69) is 65.1 Å². The predicted octanol–water partition coefficient (Wildman–Crippen LogP) is 5.24. The van der Waals surface area contributed by atoms with Gasteiger partial charge in [0, 0.05) is 48.9 Å². The fourth-order valence-electron chi connectivity index (χ4n) is 4.05. The molecule has 2 aromatic rings. The van der Waals surface area contributed by atoms with Crippen molar-refractivity contribution in [2.45, 2.75) is 52.7 Å². The van der Waals surface area contributed by atoms with E-state index in [4.69, 9.17) is 14.5 Å². The van der Waals surface area contributed by atoms with E-state index in [1.807, 2.05) is 13.8 Å². The topological polar surface area (TPSA) is 37.8 Å². The zero-order valence-electron chi connectivity index (χ0n) is 20.0. The van der Waals surface area contributed by atoms with Gasteiger partial charge in [-0.2, -0.15) is 0 Å². The number of likely N-dealkylation sites (tertiary alicyclic amines) is 1. The molecule has 1 aliphatic heterocycles. The molecule has 0 bridgehead atoms. The zero-order chi connectivity index (χ0) is 22.8. The van der Waals surface area contributed by atoms with Crippen LogP contribution in [0.3, 0.4) is 0 Å². The van der Waals surface area contributed by atoms with E-state index in [0.29, 0.717) is 19.1 Å². The summed E-state index contributed by atoms with van der Waals surface area (Å²) >= 11 is 1.80. The number of benzene rings is 1. The smallest absolute Gasteiger partial charge is 0.222 e. The Kier molecular flexibility index (Phi) is 10.0. The van der Waals surface area contributed by atoms with Crippen LogP contribution in [0, 0.1) is 11.8 Å². The second-order valence-corrected chi connectivity index (χ2v) is 8.79. The number of ether oxygens (including phenoxy) is 2. The molecule has 1 aromatic heterocycles. The summed E-state index contributed by atoms with van der Waals surface area (Å²) in [5.41, 5.74) is 3.58. The minimum absolute atomic E-state index is 0.405. The molecule has 32 heavy (non-hydrogen) atoms. The number of rotatable bonds is 10. The highest BCUT2D eigenvalue weighted by Crippen LogP contribution is 2.33. The number of nitrogens with zero attached hydrogens (tertiary/aromatic N) is 3. The molecule has 1 saturated heterocycles. The lowest BCUT2D eigenvalue weighted by atomic mass is 9.97. The van der Waals surface area contributed by atoms with Crippen molar-refractivity contribution in [1.29, 1.82) is 0 Å². The maximum absolute atomic E-state index is 5.49. The Morgan fingerprint density at radius 1 is 1.06 bits per heavy atom. The first-order valence-electron chi connectivity index (χ1n) is 11.9. The van der Waals surface area contributed by atoms with Crippen LogP contribution >= 0.6 is 11.3 Å². The van der Waals surface area contributed by atoms with Gasteiger partial charge in [-0.05, 0) is 71.7 Å². The predicted molar refractivity (Wildman–Crippen MR) is 134 cm³/mol. The first-order valence-corrected chi connectivity index (χ1v) is 12.8. The molecule has 0 unspecified atom stereocenters. The molecule has 174 valence electrons. The van der Waals surface area contributed by atoms with Crippen molar-refractivity contribution < 1.29 is 9.47 Å². The minimum Gasteiger partial charge on any atom is -0.372 e. The van der Waals surface area contributed by atoms with Crippen LogP contribution in [-0.2, 0) is 9.47 Å². The van der Waals surface area contributed by atoms with Gasteiger partial charge in [0.2, 0.25) is 6.29 Å². The summed E-state index contributed by atoms with van der Waals surface area (Å²) in [4.78, 5) is 9.77. The molecule has 0 radical (unpaired) electrons. The van der Waals surface area contributed by atoms with Crippen molar-refractivity contribution in [3.8, 4) is 23.1 Å². The van der Waals surface area contributed by atoms with Crippen LogP contribution in [0.1, 0.15) is 51.5 Å². The number of hydrogen-bond acceptors (Lipinski definition) is 6. The summed E-state index contributed by atoms with van der Waals surface area (Å²) in [6.45, 7) is 14.5. The Morgan fingerprint density at radius 2 is 1.72 bits per heavy atom. The lowest BCUT2D eigenvalue weighted by molar-refractivity contribution is -0.0970. The van der Waals surface area contributed by atoms with E-state index >= 15 is 0 Å². The molecule has 1 fully saturated rings. The number of thiazole rings is 1. The van der Waals surface area contributed by atoms with Crippen LogP contribution in [0.25, 0.3) is 11.3 Å². The molecule has 0 atom stereocenters. The summed E-state index contributed by atoms with van der Waals surface area (Å²) in [7, 11) is 0. The molecule has 3 rings (SSSR count). The fourth-order valence-corrected chi connectivity index (χ4v) is 5.05. The van der Waals surface area contributed by atoms with Gasteiger partial charge in [0.25, 0.3) is 0 Å². The highest BCUT2D eigenvalue weighted by atomic mass is 32.1. The van der Waals surface area contributed by atoms with Crippen LogP contribution in [0.4, 0.5) is 5.69 Å². The first-order chi connectivity index (χ1) is 15.7. The molecule has 0 N–H and O–H groups in total. The van der Waals surface area contributed by atoms with Crippen LogP contribution in [0.5, 0.6) is 0 Å². The molecule has 2 heterocycles. The highest BCUT2D eigenvalue weighted by Gasteiger charge is 2.22. The zero-order valence-corrected chi connectivity index (χ0v) is 20.8. The molecule has 0 aliphatic carbocycles. The number of aromatic nitrogens is 1. The van der Waals surface area contributed by atoms with Gasteiger partial charge in [-0.25, -0.2) is 4.98 Å². The van der Waals surface area contributed by atoms with E-state index in [9.17, 15) is 0 Å². The van der Waals surface area contributed by atoms with Crippen LogP contribution in [0.2, 0.25) is 0 Å². The normalized spacial score (nSPS) is 15.0. The van der Waals surface area contributed by atoms with Crippen molar-refractivity contribution in [3.05, 3.63) is 34.7 Å². The Bertz CT molecular complexity index is 853. The number of anilines is 1. The molecular formula is C26H37N3O2S. The fraction of sp³-hybridized carbons (Fsp3) is 0.577. The molecule has 1 aromatic carbocycles. The standard InChI is InChI=1S/C26H37N3O2S/c1-5-29(6-2)23-13-11-21(12-14-23)24-20-32-26(27-24)22-15-18-28(19-16-22)17-9-10-25(30-7-3)31-8-4/h11-14,20,22,25H,5-8,15-19H2,1-4H3. The second kappa shape index (κ2) is 13.0. The molecular weight excluding hydrogens is 418 g/mol. The van der Waals surface area contributed by atoms with Crippen LogP contribution < -0.4 is 4.90 Å². The lowest BCUT2D eigenvalue weighted by Crippen LogP contribution is -2.33. The van der Waals surface area contributed by atoms with E-state index in [-0.39, 0.29) is 0 Å². The molecule has 6 heteroatoms. The van der Waals surface area contributed by atoms with Crippen LogP contribution in [0.15, 0.2) is 29.6 Å². The third-order valence-corrected chi connectivity index (χ3v) is 6.92. The van der Waals surface area contributed by atoms with Crippen molar-refractivity contribution in [2.75, 3.05) is 50.8 Å². The average molecular weight is 456 g/mol. The maximum atomic E-state index is 5.49. The summed E-state index contributed by atoms with van der Waals surface area (Å²) in [6.07, 6.45) is 1.86. The first kappa shape index (κ1) is 24.7. The van der Waals surface area contributed by atoms with Gasteiger partial charge in [0.05, 0.1) is 17.2 Å². The monoisotopic (exact) mass is 455 g/mol. The van der Waals surface area contributed by atoms with Crippen LogP contribution in [-0.4, -0.2) is 62.1 Å². The lowest BCUT2D eigenvalue weighted by Gasteiger charge is -2.29. The summed E-state index contributed by atoms with van der Waals surface area (Å²) in [5, 5.41) is 3.48. The third-order valence-electron chi connectivity index (χ3n) is 5.91. The summed E-state index contributed by atoms with van der Waals surface area (Å²) in [6, 6.07) is 8.82. The van der Waals surface area contributed by atoms with Crippen molar-refractivity contribution >= 4 is 17.0 Å². The van der Waals surface area contributed by atoms with Gasteiger partial charge in [0.1, 0.15) is 0 Å². The number of piperidine rings is 1. The average Bonchev–Trinajstić information content (AvgIpc) is 3.31. The maximum Gasteiger partial charge on any atom is 0.222 e. The van der Waals surface area contributed by atoms with E-state index in [1.54, 1.807) is 11.3 Å². The van der Waals surface area contributed by atoms with Gasteiger partial charge in [-0.15, -0.1) is 11.3 Å². The quantitative estimate of drug-likeness (QED) is 0.362. The van der Waals surface area contributed by atoms with Gasteiger partial charge in [0.15, 0.2) is 0 Å². The minimum atomic E-state index is -0.405. The van der Waals surface area contributed by atoms with E-state index < -0.39 is 6.29 Å². The van der Waals surface area contributed by atoms with Gasteiger partial charge in [-0.1, -0.05) is 18.1 Å². The van der Waals surface area contributed by atoms with E-state index in [1.165, 1.54) is 16.3 Å². The third kappa shape index (κ3) is 6.79. The Labute approximate surface area is 197 Å². The largest absolute Gasteiger partial charge is 0.372 e. The summed E-state index contributed by atoms with van der Waals surface area (Å²) in [5.74, 6) is 6.89. The van der Waals surface area contributed by atoms with Gasteiger partial charge < -0.3 is 14.4 Å². The van der Waals surface area contributed by atoms with Crippen molar-refractivity contribution in [1.82, 2.24) is 9.88 Å². The second-order valence-electron chi connectivity index (χ2n) is 7.90. The molecule has 0 saturated carbocycles.